The minimum absolute atomic E-state index is 0.217. The predicted molar refractivity (Wildman–Crippen MR) is 80.3 cm³/mol. The van der Waals surface area contributed by atoms with Crippen LogP contribution in [0.1, 0.15) is 24.8 Å². The molecule has 20 heavy (non-hydrogen) atoms. The van der Waals surface area contributed by atoms with Crippen LogP contribution in [0.2, 0.25) is 0 Å². The second-order valence-electron chi connectivity index (χ2n) is 5.44. The molecule has 106 valence electrons. The van der Waals surface area contributed by atoms with Crippen LogP contribution in [0.4, 0.5) is 0 Å². The van der Waals surface area contributed by atoms with E-state index >= 15 is 0 Å². The highest BCUT2D eigenvalue weighted by atomic mass is 16.2. The number of nitrogens with zero attached hydrogens (tertiary/aromatic N) is 2. The summed E-state index contributed by atoms with van der Waals surface area (Å²) in [6.07, 6.45) is 5.53. The van der Waals surface area contributed by atoms with Gasteiger partial charge in [0.25, 0.3) is 0 Å². The van der Waals surface area contributed by atoms with Gasteiger partial charge in [-0.05, 0) is 30.9 Å². The van der Waals surface area contributed by atoms with E-state index < -0.39 is 0 Å². The lowest BCUT2D eigenvalue weighted by Crippen LogP contribution is -2.37. The van der Waals surface area contributed by atoms with Gasteiger partial charge >= 0.3 is 0 Å². The van der Waals surface area contributed by atoms with Crippen LogP contribution in [0.3, 0.4) is 0 Å². The molecule has 0 spiro atoms. The average Bonchev–Trinajstić information content (AvgIpc) is 2.86. The smallest absolute Gasteiger partial charge is 0.242 e. The molecule has 1 fully saturated rings. The third kappa shape index (κ3) is 2.43. The van der Waals surface area contributed by atoms with Crippen LogP contribution in [-0.2, 0) is 17.9 Å². The number of amides is 1. The van der Waals surface area contributed by atoms with Crippen LogP contribution in [0, 0.1) is 0 Å². The van der Waals surface area contributed by atoms with Crippen LogP contribution < -0.4 is 5.73 Å². The molecule has 1 amide bonds. The van der Waals surface area contributed by atoms with Crippen molar-refractivity contribution < 1.29 is 4.79 Å². The standard InChI is InChI=1S/C16H21N3O/c17-10-13-11-19(15-7-3-2-6-14(13)15)12-16(20)18-8-4-1-5-9-18/h2-3,6-7,11H,1,4-5,8-10,12,17H2. The lowest BCUT2D eigenvalue weighted by molar-refractivity contribution is -0.132. The summed E-state index contributed by atoms with van der Waals surface area (Å²) in [5.74, 6) is 0.217. The van der Waals surface area contributed by atoms with Crippen molar-refractivity contribution in [3.05, 3.63) is 36.0 Å². The Balaban J connectivity index is 1.85. The lowest BCUT2D eigenvalue weighted by Gasteiger charge is -2.27. The zero-order valence-corrected chi connectivity index (χ0v) is 11.7. The van der Waals surface area contributed by atoms with Gasteiger partial charge in [0.1, 0.15) is 6.54 Å². The predicted octanol–water partition coefficient (Wildman–Crippen LogP) is 2.11. The number of para-hydroxylation sites is 1. The molecule has 0 radical (unpaired) electrons. The van der Waals surface area contributed by atoms with E-state index in [-0.39, 0.29) is 5.91 Å². The summed E-state index contributed by atoms with van der Waals surface area (Å²) in [6, 6.07) is 8.14. The van der Waals surface area contributed by atoms with Crippen LogP contribution in [-0.4, -0.2) is 28.5 Å². The van der Waals surface area contributed by atoms with Crippen molar-refractivity contribution in [2.24, 2.45) is 5.73 Å². The largest absolute Gasteiger partial charge is 0.341 e. The van der Waals surface area contributed by atoms with E-state index in [1.54, 1.807) is 0 Å². The molecule has 2 N–H and O–H groups in total. The zero-order chi connectivity index (χ0) is 13.9. The van der Waals surface area contributed by atoms with Gasteiger partial charge < -0.3 is 15.2 Å². The summed E-state index contributed by atoms with van der Waals surface area (Å²) in [5, 5.41) is 1.15. The van der Waals surface area contributed by atoms with Gasteiger partial charge in [-0.2, -0.15) is 0 Å². The Labute approximate surface area is 119 Å². The minimum Gasteiger partial charge on any atom is -0.341 e. The first kappa shape index (κ1) is 13.2. The molecule has 0 atom stereocenters. The lowest BCUT2D eigenvalue weighted by atomic mass is 10.1. The Kier molecular flexibility index (Phi) is 3.74. The van der Waals surface area contributed by atoms with E-state index in [1.807, 2.05) is 27.8 Å². The molecule has 1 saturated heterocycles. The maximum Gasteiger partial charge on any atom is 0.242 e. The number of carbonyl (C=O) groups is 1. The molecule has 4 nitrogen and oxygen atoms in total. The van der Waals surface area contributed by atoms with Gasteiger partial charge in [0.05, 0.1) is 0 Å². The maximum absolute atomic E-state index is 12.4. The monoisotopic (exact) mass is 271 g/mol. The third-order valence-electron chi connectivity index (χ3n) is 4.11. The van der Waals surface area contributed by atoms with Crippen LogP contribution in [0.5, 0.6) is 0 Å². The number of aromatic nitrogens is 1. The molecule has 0 bridgehead atoms. The number of benzene rings is 1. The van der Waals surface area contributed by atoms with E-state index in [2.05, 4.69) is 12.1 Å². The summed E-state index contributed by atoms with van der Waals surface area (Å²) in [4.78, 5) is 14.4. The normalized spacial score (nSPS) is 15.8. The van der Waals surface area contributed by atoms with Crippen LogP contribution >= 0.6 is 0 Å². The Morgan fingerprint density at radius 3 is 2.65 bits per heavy atom. The van der Waals surface area contributed by atoms with E-state index in [9.17, 15) is 4.79 Å². The van der Waals surface area contributed by atoms with E-state index in [0.29, 0.717) is 13.1 Å². The fraction of sp³-hybridized carbons (Fsp3) is 0.438. The average molecular weight is 271 g/mol. The quantitative estimate of drug-likeness (QED) is 0.929. The first-order chi connectivity index (χ1) is 9.79. The minimum atomic E-state index is 0.217. The number of likely N-dealkylation sites (tertiary alicyclic amines) is 1. The molecule has 0 aliphatic carbocycles. The number of nitrogens with two attached hydrogens (primary N) is 1. The van der Waals surface area contributed by atoms with E-state index in [0.717, 1.165) is 42.4 Å². The van der Waals surface area contributed by atoms with E-state index in [1.165, 1.54) is 6.42 Å². The SMILES string of the molecule is NCc1cn(CC(=O)N2CCCCC2)c2ccccc12. The highest BCUT2D eigenvalue weighted by molar-refractivity contribution is 5.86. The number of rotatable bonds is 3. The maximum atomic E-state index is 12.4. The molecule has 0 saturated carbocycles. The third-order valence-corrected chi connectivity index (χ3v) is 4.11. The van der Waals surface area contributed by atoms with Crippen LogP contribution in [0.25, 0.3) is 10.9 Å². The van der Waals surface area contributed by atoms with Gasteiger partial charge in [0, 0.05) is 36.7 Å². The Morgan fingerprint density at radius 2 is 1.90 bits per heavy atom. The van der Waals surface area contributed by atoms with Gasteiger partial charge in [0.2, 0.25) is 5.91 Å². The molecule has 1 aliphatic heterocycles. The van der Waals surface area contributed by atoms with Gasteiger partial charge in [-0.15, -0.1) is 0 Å². The van der Waals surface area contributed by atoms with Gasteiger partial charge in [-0.25, -0.2) is 0 Å². The summed E-state index contributed by atoms with van der Waals surface area (Å²) < 4.78 is 2.04. The molecule has 4 heteroatoms. The number of carbonyl (C=O) groups excluding carboxylic acids is 1. The number of piperidine rings is 1. The Hall–Kier alpha value is -1.81. The zero-order valence-electron chi connectivity index (χ0n) is 11.7. The van der Waals surface area contributed by atoms with Crippen molar-refractivity contribution in [3.8, 4) is 0 Å². The molecule has 2 aromatic rings. The van der Waals surface area contributed by atoms with Crippen molar-refractivity contribution in [2.45, 2.75) is 32.4 Å². The molecule has 3 rings (SSSR count). The molecular weight excluding hydrogens is 250 g/mol. The fourth-order valence-corrected chi connectivity index (χ4v) is 3.01. The molecular formula is C16H21N3O. The summed E-state index contributed by atoms with van der Waals surface area (Å²) >= 11 is 0. The van der Waals surface area contributed by atoms with Gasteiger partial charge in [-0.3, -0.25) is 4.79 Å². The second kappa shape index (κ2) is 5.67. The molecule has 1 aromatic carbocycles. The van der Waals surface area contributed by atoms with Crippen molar-refractivity contribution in [2.75, 3.05) is 13.1 Å². The van der Waals surface area contributed by atoms with Gasteiger partial charge in [-0.1, -0.05) is 18.2 Å². The highest BCUT2D eigenvalue weighted by Gasteiger charge is 2.17. The van der Waals surface area contributed by atoms with Crippen molar-refractivity contribution in [1.29, 1.82) is 0 Å². The highest BCUT2D eigenvalue weighted by Crippen LogP contribution is 2.21. The number of fused-ring (bicyclic) bond motifs is 1. The molecule has 1 aliphatic rings. The first-order valence-electron chi connectivity index (χ1n) is 7.34. The molecule has 0 unspecified atom stereocenters. The topological polar surface area (TPSA) is 51.3 Å². The Bertz CT molecular complexity index is 611. The van der Waals surface area contributed by atoms with E-state index in [4.69, 9.17) is 5.73 Å². The van der Waals surface area contributed by atoms with Crippen molar-refractivity contribution in [3.63, 3.8) is 0 Å². The number of hydrogen-bond acceptors (Lipinski definition) is 2. The summed E-state index contributed by atoms with van der Waals surface area (Å²) in [6.45, 7) is 2.73. The van der Waals surface area contributed by atoms with Crippen LogP contribution in [0.15, 0.2) is 30.5 Å². The first-order valence-corrected chi connectivity index (χ1v) is 7.34. The van der Waals surface area contributed by atoms with Crippen molar-refractivity contribution in [1.82, 2.24) is 9.47 Å². The molecule has 1 aromatic heterocycles. The fourth-order valence-electron chi connectivity index (χ4n) is 3.01. The van der Waals surface area contributed by atoms with Gasteiger partial charge in [0.15, 0.2) is 0 Å². The Morgan fingerprint density at radius 1 is 1.15 bits per heavy atom. The summed E-state index contributed by atoms with van der Waals surface area (Å²) in [5.41, 5.74) is 7.99. The number of hydrogen-bond donors (Lipinski definition) is 1. The summed E-state index contributed by atoms with van der Waals surface area (Å²) in [7, 11) is 0. The van der Waals surface area contributed by atoms with Crippen molar-refractivity contribution >= 4 is 16.8 Å². The molecule has 2 heterocycles. The second-order valence-corrected chi connectivity index (χ2v) is 5.44.